The van der Waals surface area contributed by atoms with E-state index in [2.05, 4.69) is 26.0 Å². The Balaban J connectivity index is 2.26. The minimum Gasteiger partial charge on any atom is -0.756 e. The van der Waals surface area contributed by atoms with Crippen LogP contribution in [0, 0.1) is 0 Å². The number of esters is 1. The molecule has 10 heteroatoms. The van der Waals surface area contributed by atoms with Crippen LogP contribution in [0.4, 0.5) is 0 Å². The number of carbonyl (C=O) groups is 1. The molecule has 0 spiro atoms. The van der Waals surface area contributed by atoms with Crippen molar-refractivity contribution in [3.63, 3.8) is 0 Å². The van der Waals surface area contributed by atoms with E-state index in [0.29, 0.717) is 23.2 Å². The highest BCUT2D eigenvalue weighted by Gasteiger charge is 2.36. The highest BCUT2D eigenvalue weighted by atomic mass is 31.2. The van der Waals surface area contributed by atoms with Gasteiger partial charge in [-0.3, -0.25) is 9.36 Å². The fourth-order valence-electron chi connectivity index (χ4n) is 6.05. The fourth-order valence-corrected chi connectivity index (χ4v) is 6.78. The molecule has 3 unspecified atom stereocenters. The van der Waals surface area contributed by atoms with Crippen molar-refractivity contribution in [2.24, 2.45) is 0 Å². The molecule has 1 heterocycles. The van der Waals surface area contributed by atoms with Gasteiger partial charge < -0.3 is 32.6 Å². The van der Waals surface area contributed by atoms with Gasteiger partial charge in [0.15, 0.2) is 6.10 Å². The van der Waals surface area contributed by atoms with E-state index in [1.165, 1.54) is 96.3 Å². The number of hydrogen-bond donors (Lipinski definition) is 0. The lowest BCUT2D eigenvalue weighted by Crippen LogP contribution is -2.37. The number of allylic oxidation sites excluding steroid dienone is 2. The second-order valence-corrected chi connectivity index (χ2v) is 17.2. The minimum atomic E-state index is -4.54. The van der Waals surface area contributed by atoms with Gasteiger partial charge >= 0.3 is 5.97 Å². The Morgan fingerprint density at radius 1 is 0.712 bits per heavy atom. The summed E-state index contributed by atoms with van der Waals surface area (Å²) in [7, 11) is 1.31. The molecule has 0 aromatic carbocycles. The second kappa shape index (κ2) is 32.1. The predicted octanol–water partition coefficient (Wildman–Crippen LogP) is 10.8. The zero-order valence-corrected chi connectivity index (χ0v) is 35.1. The SMILES string of the molecule is CCCCCCCCCCCCCC/C=C/OC[C@H](COP(=O)([O-])OCC[N+](C)(C)C)OC(=O)CCCCCCC/C=C\CC1OC1CCCCC. The molecule has 0 radical (unpaired) electrons. The topological polar surface area (TPSA) is 107 Å². The summed E-state index contributed by atoms with van der Waals surface area (Å²) in [6.07, 6.45) is 37.3. The van der Waals surface area contributed by atoms with Crippen molar-refractivity contribution in [3.05, 3.63) is 24.5 Å². The highest BCUT2D eigenvalue weighted by Crippen LogP contribution is 2.38. The van der Waals surface area contributed by atoms with Crippen LogP contribution in [-0.4, -0.2) is 76.3 Å². The lowest BCUT2D eigenvalue weighted by atomic mass is 10.0. The molecule has 1 aliphatic heterocycles. The van der Waals surface area contributed by atoms with E-state index in [9.17, 15) is 14.3 Å². The molecule has 52 heavy (non-hydrogen) atoms. The van der Waals surface area contributed by atoms with Crippen LogP contribution in [0.5, 0.6) is 0 Å². The summed E-state index contributed by atoms with van der Waals surface area (Å²) in [4.78, 5) is 25.0. The van der Waals surface area contributed by atoms with Crippen molar-refractivity contribution in [2.45, 2.75) is 193 Å². The lowest BCUT2D eigenvalue weighted by molar-refractivity contribution is -0.870. The van der Waals surface area contributed by atoms with Crippen LogP contribution in [-0.2, 0) is 32.6 Å². The van der Waals surface area contributed by atoms with Gasteiger partial charge in [0, 0.05) is 6.42 Å². The summed E-state index contributed by atoms with van der Waals surface area (Å²) < 4.78 is 40.0. The van der Waals surface area contributed by atoms with Gasteiger partial charge in [-0.25, -0.2) is 0 Å². The first-order valence-corrected chi connectivity index (χ1v) is 22.7. The maximum absolute atomic E-state index is 12.6. The summed E-state index contributed by atoms with van der Waals surface area (Å²) in [6.45, 7) is 4.68. The van der Waals surface area contributed by atoms with Crippen LogP contribution < -0.4 is 4.89 Å². The molecule has 0 aromatic heterocycles. The summed E-state index contributed by atoms with van der Waals surface area (Å²) in [5.74, 6) is -0.373. The van der Waals surface area contributed by atoms with Crippen LogP contribution in [0.3, 0.4) is 0 Å². The number of likely N-dealkylation sites (N-methyl/N-ethyl adjacent to an activating group) is 1. The summed E-state index contributed by atoms with van der Waals surface area (Å²) in [6, 6.07) is 0. The number of phosphoric ester groups is 1. The maximum atomic E-state index is 12.6. The zero-order valence-electron chi connectivity index (χ0n) is 34.2. The number of unbranched alkanes of at least 4 members (excludes halogenated alkanes) is 19. The number of rotatable bonds is 38. The number of quaternary nitrogens is 1. The van der Waals surface area contributed by atoms with Crippen LogP contribution in [0.2, 0.25) is 0 Å². The molecule has 1 rings (SSSR count). The first-order valence-electron chi connectivity index (χ1n) is 21.2. The van der Waals surface area contributed by atoms with E-state index < -0.39 is 13.9 Å². The molecule has 9 nitrogen and oxygen atoms in total. The van der Waals surface area contributed by atoms with Crippen molar-refractivity contribution < 1.29 is 42.0 Å². The molecule has 1 saturated heterocycles. The number of epoxide rings is 1. The number of carbonyl (C=O) groups excluding carboxylic acids is 1. The fraction of sp³-hybridized carbons (Fsp3) is 0.881. The van der Waals surface area contributed by atoms with Gasteiger partial charge in [-0.2, -0.15) is 0 Å². The third-order valence-electron chi connectivity index (χ3n) is 9.49. The average Bonchev–Trinajstić information content (AvgIpc) is 3.84. The summed E-state index contributed by atoms with van der Waals surface area (Å²) in [5, 5.41) is 0. The van der Waals surface area contributed by atoms with Crippen molar-refractivity contribution >= 4 is 13.8 Å². The predicted molar refractivity (Wildman–Crippen MR) is 212 cm³/mol. The molecule has 0 bridgehead atoms. The Labute approximate surface area is 319 Å². The third-order valence-corrected chi connectivity index (χ3v) is 10.5. The molecule has 0 amide bonds. The average molecular weight is 758 g/mol. The van der Waals surface area contributed by atoms with E-state index >= 15 is 0 Å². The molecule has 0 N–H and O–H groups in total. The van der Waals surface area contributed by atoms with E-state index in [0.717, 1.165) is 57.8 Å². The Bertz CT molecular complexity index is 953. The Morgan fingerprint density at radius 3 is 1.88 bits per heavy atom. The van der Waals surface area contributed by atoms with E-state index in [1.54, 1.807) is 6.26 Å². The highest BCUT2D eigenvalue weighted by molar-refractivity contribution is 7.45. The molecule has 306 valence electrons. The molecular formula is C42H80NO8P. The molecule has 1 fully saturated rings. The second-order valence-electron chi connectivity index (χ2n) is 15.8. The molecule has 1 aliphatic rings. The number of phosphoric acid groups is 1. The minimum absolute atomic E-state index is 0.0123. The van der Waals surface area contributed by atoms with E-state index in [4.69, 9.17) is 23.3 Å². The Morgan fingerprint density at radius 2 is 1.27 bits per heavy atom. The van der Waals surface area contributed by atoms with Crippen LogP contribution in [0.1, 0.15) is 174 Å². The maximum Gasteiger partial charge on any atom is 0.306 e. The number of ether oxygens (including phenoxy) is 3. The summed E-state index contributed by atoms with van der Waals surface area (Å²) >= 11 is 0. The van der Waals surface area contributed by atoms with Crippen LogP contribution in [0.25, 0.3) is 0 Å². The quantitative estimate of drug-likeness (QED) is 0.0117. The van der Waals surface area contributed by atoms with Crippen molar-refractivity contribution in [3.8, 4) is 0 Å². The van der Waals surface area contributed by atoms with E-state index in [1.807, 2.05) is 27.2 Å². The largest absolute Gasteiger partial charge is 0.756 e. The van der Waals surface area contributed by atoms with Gasteiger partial charge in [0.05, 0.1) is 46.2 Å². The van der Waals surface area contributed by atoms with Crippen molar-refractivity contribution in [1.29, 1.82) is 0 Å². The summed E-state index contributed by atoms with van der Waals surface area (Å²) in [5.41, 5.74) is 0. The third kappa shape index (κ3) is 32.2. The lowest BCUT2D eigenvalue weighted by Gasteiger charge is -2.28. The standard InChI is InChI=1S/C42H80NO8P/c1-6-8-10-11-12-13-14-15-16-17-20-23-26-30-35-47-37-39(38-49-52(45,46)48-36-34-43(3,4)5)50-42(44)33-29-25-22-19-18-21-24-28-32-41-40(51-41)31-27-9-7-2/h24,28,30,35,39-41H,6-23,25-27,29,31-34,36-38H2,1-5H3/b28-24-,35-30+/t39-,40?,41?/m1/s1. The van der Waals surface area contributed by atoms with Crippen LogP contribution in [0.15, 0.2) is 24.5 Å². The monoisotopic (exact) mass is 758 g/mol. The van der Waals surface area contributed by atoms with Gasteiger partial charge in [-0.15, -0.1) is 0 Å². The van der Waals surface area contributed by atoms with Gasteiger partial charge in [-0.05, 0) is 51.0 Å². The first-order chi connectivity index (χ1) is 25.1. The number of nitrogens with zero attached hydrogens (tertiary/aromatic N) is 1. The smallest absolute Gasteiger partial charge is 0.306 e. The van der Waals surface area contributed by atoms with Gasteiger partial charge in [0.25, 0.3) is 7.82 Å². The normalized spacial score (nSPS) is 17.9. The molecule has 4 atom stereocenters. The molecule has 0 saturated carbocycles. The van der Waals surface area contributed by atoms with Gasteiger partial charge in [0.1, 0.15) is 19.8 Å². The Kier molecular flexibility index (Phi) is 30.1. The molecular weight excluding hydrogens is 677 g/mol. The molecule has 0 aliphatic carbocycles. The zero-order chi connectivity index (χ0) is 38.2. The Hall–Kier alpha value is -1.22. The van der Waals surface area contributed by atoms with Gasteiger partial charge in [0.2, 0.25) is 0 Å². The van der Waals surface area contributed by atoms with Crippen molar-refractivity contribution in [2.75, 3.05) is 47.5 Å². The van der Waals surface area contributed by atoms with Crippen molar-refractivity contribution in [1.82, 2.24) is 0 Å². The number of hydrogen-bond acceptors (Lipinski definition) is 8. The van der Waals surface area contributed by atoms with Crippen LogP contribution >= 0.6 is 7.82 Å². The van der Waals surface area contributed by atoms with E-state index in [-0.39, 0.29) is 32.2 Å². The molecule has 0 aromatic rings. The van der Waals surface area contributed by atoms with Gasteiger partial charge in [-0.1, -0.05) is 135 Å². The first kappa shape index (κ1) is 48.8.